The summed E-state index contributed by atoms with van der Waals surface area (Å²) in [5, 5.41) is 9.88. The number of aliphatic carboxylic acids is 1. The van der Waals surface area contributed by atoms with Crippen molar-refractivity contribution in [3.8, 4) is 5.75 Å². The number of carboxylic acids is 1. The van der Waals surface area contributed by atoms with Crippen molar-refractivity contribution in [1.82, 2.24) is 9.88 Å². The standard InChI is InChI=1S/C18H20N2O4/c1-12-2-3-14-15(10-12)19-7-4-16(14)24-11-17(21)20-8-5-13(6-9-20)18(22)23/h2-4,7,10,13H,5-6,8-9,11H2,1H3,(H,22,23). The molecule has 1 aromatic carbocycles. The lowest BCUT2D eigenvalue weighted by molar-refractivity contribution is -0.146. The molecule has 0 saturated carbocycles. The average molecular weight is 328 g/mol. The minimum atomic E-state index is -0.781. The van der Waals surface area contributed by atoms with Crippen molar-refractivity contribution in [3.63, 3.8) is 0 Å². The number of likely N-dealkylation sites (tertiary alicyclic amines) is 1. The maximum atomic E-state index is 12.3. The maximum Gasteiger partial charge on any atom is 0.306 e. The third-order valence-electron chi connectivity index (χ3n) is 4.41. The molecule has 1 N–H and O–H groups in total. The van der Waals surface area contributed by atoms with Gasteiger partial charge in [-0.25, -0.2) is 0 Å². The number of hydrogen-bond donors (Lipinski definition) is 1. The van der Waals surface area contributed by atoms with Gasteiger partial charge in [-0.2, -0.15) is 0 Å². The van der Waals surface area contributed by atoms with E-state index in [2.05, 4.69) is 4.98 Å². The Balaban J connectivity index is 1.62. The Morgan fingerprint density at radius 1 is 1.29 bits per heavy atom. The first-order valence-electron chi connectivity index (χ1n) is 8.03. The lowest BCUT2D eigenvalue weighted by Gasteiger charge is -2.30. The van der Waals surface area contributed by atoms with Gasteiger partial charge in [0.05, 0.1) is 11.4 Å². The summed E-state index contributed by atoms with van der Waals surface area (Å²) in [7, 11) is 0. The first-order chi connectivity index (χ1) is 11.5. The van der Waals surface area contributed by atoms with Crippen LogP contribution < -0.4 is 4.74 Å². The molecule has 126 valence electrons. The van der Waals surface area contributed by atoms with E-state index in [0.29, 0.717) is 31.7 Å². The molecule has 6 nitrogen and oxygen atoms in total. The number of benzene rings is 1. The van der Waals surface area contributed by atoms with Crippen LogP contribution in [-0.2, 0) is 9.59 Å². The van der Waals surface area contributed by atoms with E-state index in [-0.39, 0.29) is 18.4 Å². The van der Waals surface area contributed by atoms with Gasteiger partial charge in [0.1, 0.15) is 5.75 Å². The zero-order chi connectivity index (χ0) is 17.1. The lowest BCUT2D eigenvalue weighted by atomic mass is 9.97. The molecular formula is C18H20N2O4. The summed E-state index contributed by atoms with van der Waals surface area (Å²) in [4.78, 5) is 29.2. The fourth-order valence-corrected chi connectivity index (χ4v) is 2.96. The normalized spacial score (nSPS) is 15.5. The molecule has 1 fully saturated rings. The highest BCUT2D eigenvalue weighted by atomic mass is 16.5. The largest absolute Gasteiger partial charge is 0.483 e. The second-order valence-corrected chi connectivity index (χ2v) is 6.11. The van der Waals surface area contributed by atoms with E-state index in [9.17, 15) is 9.59 Å². The number of pyridine rings is 1. The number of carboxylic acid groups (broad SMARTS) is 1. The molecule has 6 heteroatoms. The summed E-state index contributed by atoms with van der Waals surface area (Å²) in [6.07, 6.45) is 2.66. The Morgan fingerprint density at radius 3 is 2.75 bits per heavy atom. The Morgan fingerprint density at radius 2 is 2.04 bits per heavy atom. The van der Waals surface area contributed by atoms with Crippen LogP contribution in [0, 0.1) is 12.8 Å². The molecular weight excluding hydrogens is 308 g/mol. The highest BCUT2D eigenvalue weighted by molar-refractivity contribution is 5.86. The summed E-state index contributed by atoms with van der Waals surface area (Å²) in [6, 6.07) is 7.65. The second kappa shape index (κ2) is 6.86. The Labute approximate surface area is 140 Å². The van der Waals surface area contributed by atoms with Crippen LogP contribution in [0.4, 0.5) is 0 Å². The topological polar surface area (TPSA) is 79.7 Å². The van der Waals surface area contributed by atoms with Crippen LogP contribution in [0.25, 0.3) is 10.9 Å². The summed E-state index contributed by atoms with van der Waals surface area (Å²) in [5.41, 5.74) is 1.95. The number of amides is 1. The molecule has 0 spiro atoms. The summed E-state index contributed by atoms with van der Waals surface area (Å²) < 4.78 is 5.70. The zero-order valence-corrected chi connectivity index (χ0v) is 13.6. The van der Waals surface area contributed by atoms with Gasteiger partial charge in [0, 0.05) is 24.7 Å². The molecule has 1 aliphatic rings. The monoisotopic (exact) mass is 328 g/mol. The SMILES string of the molecule is Cc1ccc2c(OCC(=O)N3CCC(C(=O)O)CC3)ccnc2c1. The molecule has 2 aromatic rings. The number of carbonyl (C=O) groups excluding carboxylic acids is 1. The number of carbonyl (C=O) groups is 2. The molecule has 1 saturated heterocycles. The predicted molar refractivity (Wildman–Crippen MR) is 88.9 cm³/mol. The van der Waals surface area contributed by atoms with E-state index >= 15 is 0 Å². The molecule has 2 heterocycles. The van der Waals surface area contributed by atoms with E-state index in [1.807, 2.05) is 25.1 Å². The van der Waals surface area contributed by atoms with Crippen LogP contribution in [0.5, 0.6) is 5.75 Å². The van der Waals surface area contributed by atoms with Gasteiger partial charge in [-0.1, -0.05) is 6.07 Å². The summed E-state index contributed by atoms with van der Waals surface area (Å²) in [6.45, 7) is 2.88. The van der Waals surface area contributed by atoms with E-state index < -0.39 is 5.97 Å². The molecule has 3 rings (SSSR count). The van der Waals surface area contributed by atoms with Crippen molar-refractivity contribution < 1.29 is 19.4 Å². The van der Waals surface area contributed by atoms with Gasteiger partial charge >= 0.3 is 5.97 Å². The Kier molecular flexibility index (Phi) is 4.64. The van der Waals surface area contributed by atoms with Crippen molar-refractivity contribution in [2.24, 2.45) is 5.92 Å². The smallest absolute Gasteiger partial charge is 0.306 e. The zero-order valence-electron chi connectivity index (χ0n) is 13.6. The van der Waals surface area contributed by atoms with Gasteiger partial charge < -0.3 is 14.7 Å². The number of nitrogens with zero attached hydrogens (tertiary/aromatic N) is 2. The number of rotatable bonds is 4. The van der Waals surface area contributed by atoms with Gasteiger partial charge in [-0.15, -0.1) is 0 Å². The van der Waals surface area contributed by atoms with Crippen LogP contribution >= 0.6 is 0 Å². The molecule has 1 aliphatic heterocycles. The van der Waals surface area contributed by atoms with Crippen LogP contribution in [0.3, 0.4) is 0 Å². The molecule has 1 aromatic heterocycles. The minimum absolute atomic E-state index is 0.0509. The van der Waals surface area contributed by atoms with Crippen molar-refractivity contribution >= 4 is 22.8 Å². The number of piperidine rings is 1. The van der Waals surface area contributed by atoms with Crippen molar-refractivity contribution in [2.45, 2.75) is 19.8 Å². The van der Waals surface area contributed by atoms with Gasteiger partial charge in [-0.3, -0.25) is 14.6 Å². The molecule has 0 aliphatic carbocycles. The van der Waals surface area contributed by atoms with Crippen molar-refractivity contribution in [2.75, 3.05) is 19.7 Å². The molecule has 0 atom stereocenters. The van der Waals surface area contributed by atoms with Crippen LogP contribution in [-0.4, -0.2) is 46.6 Å². The van der Waals surface area contributed by atoms with Crippen LogP contribution in [0.1, 0.15) is 18.4 Å². The second-order valence-electron chi connectivity index (χ2n) is 6.11. The van der Waals surface area contributed by atoms with E-state index in [4.69, 9.17) is 9.84 Å². The molecule has 1 amide bonds. The molecule has 0 radical (unpaired) electrons. The number of ether oxygens (including phenoxy) is 1. The number of aromatic nitrogens is 1. The third-order valence-corrected chi connectivity index (χ3v) is 4.41. The summed E-state index contributed by atoms with van der Waals surface area (Å²) >= 11 is 0. The van der Waals surface area contributed by atoms with Crippen molar-refractivity contribution in [1.29, 1.82) is 0 Å². The highest BCUT2D eigenvalue weighted by Crippen LogP contribution is 2.25. The van der Waals surface area contributed by atoms with Gasteiger partial charge in [0.15, 0.2) is 6.61 Å². The first-order valence-corrected chi connectivity index (χ1v) is 8.03. The quantitative estimate of drug-likeness (QED) is 0.931. The highest BCUT2D eigenvalue weighted by Gasteiger charge is 2.27. The molecule has 0 bridgehead atoms. The number of hydrogen-bond acceptors (Lipinski definition) is 4. The van der Waals surface area contributed by atoms with Gasteiger partial charge in [-0.05, 0) is 43.5 Å². The van der Waals surface area contributed by atoms with Gasteiger partial charge in [0.2, 0.25) is 0 Å². The Bertz CT molecular complexity index is 767. The van der Waals surface area contributed by atoms with E-state index in [1.54, 1.807) is 17.2 Å². The average Bonchev–Trinajstić information content (AvgIpc) is 2.59. The van der Waals surface area contributed by atoms with Crippen LogP contribution in [0.15, 0.2) is 30.5 Å². The fraction of sp³-hybridized carbons (Fsp3) is 0.389. The van der Waals surface area contributed by atoms with Crippen LogP contribution in [0.2, 0.25) is 0 Å². The summed E-state index contributed by atoms with van der Waals surface area (Å²) in [5.74, 6) is -0.607. The molecule has 0 unspecified atom stereocenters. The minimum Gasteiger partial charge on any atom is -0.483 e. The fourth-order valence-electron chi connectivity index (χ4n) is 2.96. The van der Waals surface area contributed by atoms with E-state index in [0.717, 1.165) is 16.5 Å². The Hall–Kier alpha value is -2.63. The van der Waals surface area contributed by atoms with E-state index in [1.165, 1.54) is 0 Å². The number of fused-ring (bicyclic) bond motifs is 1. The predicted octanol–water partition coefficient (Wildman–Crippen LogP) is 2.25. The lowest BCUT2D eigenvalue weighted by Crippen LogP contribution is -2.42. The van der Waals surface area contributed by atoms with Crippen molar-refractivity contribution in [3.05, 3.63) is 36.0 Å². The maximum absolute atomic E-state index is 12.3. The third kappa shape index (κ3) is 3.48. The first kappa shape index (κ1) is 16.2. The van der Waals surface area contributed by atoms with Gasteiger partial charge in [0.25, 0.3) is 5.91 Å². The number of aryl methyl sites for hydroxylation is 1. The molecule has 24 heavy (non-hydrogen) atoms.